The van der Waals surface area contributed by atoms with Crippen LogP contribution in [0.3, 0.4) is 0 Å². The second kappa shape index (κ2) is 4.47. The Bertz CT molecular complexity index is 556. The highest BCUT2D eigenvalue weighted by molar-refractivity contribution is 5.98. The van der Waals surface area contributed by atoms with E-state index < -0.39 is 0 Å². The molecule has 1 aliphatic heterocycles. The smallest absolute Gasteiger partial charge is 0.276 e. The maximum atomic E-state index is 12.8. The van der Waals surface area contributed by atoms with E-state index in [9.17, 15) is 4.79 Å². The van der Waals surface area contributed by atoms with Crippen molar-refractivity contribution < 1.29 is 9.53 Å². The molecule has 0 bridgehead atoms. The molecular weight excluding hydrogens is 268 g/mol. The molecule has 1 aromatic heterocycles. The summed E-state index contributed by atoms with van der Waals surface area (Å²) in [4.78, 5) is 14.6. The number of ether oxygens (including phenoxy) is 1. The predicted octanol–water partition coefficient (Wildman–Crippen LogP) is 1.90. The van der Waals surface area contributed by atoms with Gasteiger partial charge in [0.15, 0.2) is 5.69 Å². The minimum Gasteiger partial charge on any atom is -0.395 e. The van der Waals surface area contributed by atoms with E-state index >= 15 is 0 Å². The summed E-state index contributed by atoms with van der Waals surface area (Å²) in [6.07, 6.45) is 2.25. The van der Waals surface area contributed by atoms with Gasteiger partial charge in [0.25, 0.3) is 5.91 Å². The van der Waals surface area contributed by atoms with Gasteiger partial charge in [-0.3, -0.25) is 9.89 Å². The quantitative estimate of drug-likeness (QED) is 0.872. The third-order valence-electron chi connectivity index (χ3n) is 4.00. The Morgan fingerprint density at radius 1 is 1.29 bits per heavy atom. The third kappa shape index (κ3) is 2.77. The molecule has 2 heterocycles. The number of hydrogen-bond acceptors (Lipinski definition) is 4. The van der Waals surface area contributed by atoms with Crippen LogP contribution in [0.4, 0.5) is 5.69 Å². The molecule has 1 aromatic rings. The molecule has 6 nitrogen and oxygen atoms in total. The van der Waals surface area contributed by atoms with Crippen molar-refractivity contribution >= 4 is 11.6 Å². The van der Waals surface area contributed by atoms with Gasteiger partial charge in [0, 0.05) is 19.0 Å². The first-order valence-corrected chi connectivity index (χ1v) is 7.52. The van der Waals surface area contributed by atoms with Crippen molar-refractivity contribution in [3.63, 3.8) is 0 Å². The van der Waals surface area contributed by atoms with Crippen molar-refractivity contribution in [3.8, 4) is 0 Å². The van der Waals surface area contributed by atoms with Crippen molar-refractivity contribution in [2.24, 2.45) is 0 Å². The SMILES string of the molecule is CC1(C)CN(C(=O)c2n[nH]c(C3CC3)c2N)CC(C)(C)O1. The number of nitrogens with zero attached hydrogens (tertiary/aromatic N) is 2. The first-order valence-electron chi connectivity index (χ1n) is 7.52. The highest BCUT2D eigenvalue weighted by atomic mass is 16.5. The summed E-state index contributed by atoms with van der Waals surface area (Å²) in [6.45, 7) is 9.07. The lowest BCUT2D eigenvalue weighted by molar-refractivity contribution is -0.171. The van der Waals surface area contributed by atoms with Crippen molar-refractivity contribution in [3.05, 3.63) is 11.4 Å². The molecule has 1 saturated heterocycles. The van der Waals surface area contributed by atoms with Gasteiger partial charge in [-0.25, -0.2) is 0 Å². The number of H-pyrrole nitrogens is 1. The van der Waals surface area contributed by atoms with Gasteiger partial charge in [0.2, 0.25) is 0 Å². The van der Waals surface area contributed by atoms with Gasteiger partial charge in [0.05, 0.1) is 22.6 Å². The number of nitrogens with one attached hydrogen (secondary N) is 1. The van der Waals surface area contributed by atoms with E-state index in [1.807, 2.05) is 27.7 Å². The van der Waals surface area contributed by atoms with Crippen molar-refractivity contribution in [2.75, 3.05) is 18.8 Å². The Morgan fingerprint density at radius 2 is 1.86 bits per heavy atom. The minimum atomic E-state index is -0.373. The van der Waals surface area contributed by atoms with Gasteiger partial charge in [0.1, 0.15) is 0 Å². The summed E-state index contributed by atoms with van der Waals surface area (Å²) in [7, 11) is 0. The average molecular weight is 292 g/mol. The second-order valence-electron chi connectivity index (χ2n) is 7.46. The number of anilines is 1. The lowest BCUT2D eigenvalue weighted by Gasteiger charge is -2.46. The Hall–Kier alpha value is -1.56. The third-order valence-corrected chi connectivity index (χ3v) is 4.00. The normalized spacial score (nSPS) is 24.1. The standard InChI is InChI=1S/C15H24N4O2/c1-14(2)7-19(8-15(3,4)21-14)13(20)12-10(16)11(17-18-12)9-5-6-9/h9H,5-8,16H2,1-4H3,(H,17,18). The molecule has 1 amide bonds. The number of nitrogen functional groups attached to an aromatic ring is 1. The van der Waals surface area contributed by atoms with Crippen molar-refractivity contribution in [1.29, 1.82) is 0 Å². The van der Waals surface area contributed by atoms with E-state index in [0.717, 1.165) is 18.5 Å². The fourth-order valence-corrected chi connectivity index (χ4v) is 3.29. The van der Waals surface area contributed by atoms with E-state index in [2.05, 4.69) is 10.2 Å². The van der Waals surface area contributed by atoms with Crippen LogP contribution in [0.15, 0.2) is 0 Å². The number of amides is 1. The zero-order valence-corrected chi connectivity index (χ0v) is 13.2. The lowest BCUT2D eigenvalue weighted by Crippen LogP contribution is -2.58. The molecule has 21 heavy (non-hydrogen) atoms. The summed E-state index contributed by atoms with van der Waals surface area (Å²) in [6, 6.07) is 0. The fourth-order valence-electron chi connectivity index (χ4n) is 3.29. The molecule has 3 N–H and O–H groups in total. The first kappa shape index (κ1) is 14.4. The maximum absolute atomic E-state index is 12.8. The summed E-state index contributed by atoms with van der Waals surface area (Å²) in [5.41, 5.74) is 7.16. The zero-order valence-electron chi connectivity index (χ0n) is 13.2. The zero-order chi connectivity index (χ0) is 15.4. The van der Waals surface area contributed by atoms with E-state index in [1.165, 1.54) is 0 Å². The van der Waals surface area contributed by atoms with E-state index in [0.29, 0.717) is 30.4 Å². The molecule has 1 aliphatic carbocycles. The van der Waals surface area contributed by atoms with Gasteiger partial charge >= 0.3 is 0 Å². The molecule has 2 fully saturated rings. The van der Waals surface area contributed by atoms with Gasteiger partial charge in [-0.1, -0.05) is 0 Å². The number of aromatic nitrogens is 2. The number of aromatic amines is 1. The van der Waals surface area contributed by atoms with E-state index in [-0.39, 0.29) is 17.1 Å². The van der Waals surface area contributed by atoms with Crippen LogP contribution in [0.2, 0.25) is 0 Å². The summed E-state index contributed by atoms with van der Waals surface area (Å²) in [5.74, 6) is 0.344. The summed E-state index contributed by atoms with van der Waals surface area (Å²) < 4.78 is 6.01. The van der Waals surface area contributed by atoms with Crippen LogP contribution < -0.4 is 5.73 Å². The molecule has 6 heteroatoms. The van der Waals surface area contributed by atoms with E-state index in [1.54, 1.807) is 4.90 Å². The second-order valence-corrected chi connectivity index (χ2v) is 7.46. The number of carbonyl (C=O) groups is 1. The van der Waals surface area contributed by atoms with Gasteiger partial charge in [-0.05, 0) is 40.5 Å². The van der Waals surface area contributed by atoms with Crippen LogP contribution in [0, 0.1) is 0 Å². The Labute approximate surface area is 125 Å². The highest BCUT2D eigenvalue weighted by Gasteiger charge is 2.41. The molecule has 0 atom stereocenters. The summed E-state index contributed by atoms with van der Waals surface area (Å²) >= 11 is 0. The molecule has 2 aliphatic rings. The predicted molar refractivity (Wildman–Crippen MR) is 80.1 cm³/mol. The van der Waals surface area contributed by atoms with Crippen LogP contribution >= 0.6 is 0 Å². The lowest BCUT2D eigenvalue weighted by atomic mass is 9.98. The topological polar surface area (TPSA) is 84.2 Å². The molecule has 0 radical (unpaired) electrons. The molecule has 1 saturated carbocycles. The Balaban J connectivity index is 1.84. The van der Waals surface area contributed by atoms with Crippen LogP contribution in [-0.4, -0.2) is 45.3 Å². The number of hydrogen-bond donors (Lipinski definition) is 2. The number of morpholine rings is 1. The highest BCUT2D eigenvalue weighted by Crippen LogP contribution is 2.42. The maximum Gasteiger partial charge on any atom is 0.276 e. The van der Waals surface area contributed by atoms with Crippen LogP contribution in [0.1, 0.15) is 62.6 Å². The summed E-state index contributed by atoms with van der Waals surface area (Å²) in [5, 5.41) is 7.11. The van der Waals surface area contributed by atoms with E-state index in [4.69, 9.17) is 10.5 Å². The van der Waals surface area contributed by atoms with Crippen LogP contribution in [0.25, 0.3) is 0 Å². The fraction of sp³-hybridized carbons (Fsp3) is 0.733. The largest absolute Gasteiger partial charge is 0.395 e. The molecule has 0 spiro atoms. The number of nitrogens with two attached hydrogens (primary N) is 1. The van der Waals surface area contributed by atoms with Crippen molar-refractivity contribution in [1.82, 2.24) is 15.1 Å². The number of rotatable bonds is 2. The van der Waals surface area contributed by atoms with Crippen molar-refractivity contribution in [2.45, 2.75) is 57.7 Å². The molecule has 3 rings (SSSR count). The van der Waals surface area contributed by atoms with Gasteiger partial charge in [-0.2, -0.15) is 5.10 Å². The molecular formula is C15H24N4O2. The van der Waals surface area contributed by atoms with Gasteiger partial charge < -0.3 is 15.4 Å². The minimum absolute atomic E-state index is 0.111. The number of carbonyl (C=O) groups excluding carboxylic acids is 1. The first-order chi connectivity index (χ1) is 9.69. The molecule has 0 aromatic carbocycles. The van der Waals surface area contributed by atoms with Crippen LogP contribution in [-0.2, 0) is 4.74 Å². The molecule has 0 unspecified atom stereocenters. The molecule has 116 valence electrons. The Morgan fingerprint density at radius 3 is 2.38 bits per heavy atom. The average Bonchev–Trinajstić information content (AvgIpc) is 3.08. The monoisotopic (exact) mass is 292 g/mol. The van der Waals surface area contributed by atoms with Gasteiger partial charge in [-0.15, -0.1) is 0 Å². The Kier molecular flexibility index (Phi) is 3.06. The van der Waals surface area contributed by atoms with Crippen LogP contribution in [0.5, 0.6) is 0 Å².